The van der Waals surface area contributed by atoms with Crippen molar-refractivity contribution in [3.8, 4) is 35.4 Å². The maximum atomic E-state index is 17.0. The lowest BCUT2D eigenvalue weighted by molar-refractivity contribution is -0.119. The van der Waals surface area contributed by atoms with Crippen molar-refractivity contribution >= 4 is 33.4 Å². The highest BCUT2D eigenvalue weighted by molar-refractivity contribution is 6.03. The van der Waals surface area contributed by atoms with Crippen molar-refractivity contribution in [1.82, 2.24) is 25.2 Å². The first-order chi connectivity index (χ1) is 24.5. The molecule has 13 heteroatoms. The maximum Gasteiger partial charge on any atom is 0.319 e. The van der Waals surface area contributed by atoms with Gasteiger partial charge in [-0.3, -0.25) is 14.7 Å². The zero-order chi connectivity index (χ0) is 35.9. The van der Waals surface area contributed by atoms with Crippen LogP contribution < -0.4 is 15.0 Å². The zero-order valence-corrected chi connectivity index (χ0v) is 28.4. The van der Waals surface area contributed by atoms with Crippen molar-refractivity contribution in [2.45, 2.75) is 44.2 Å². The van der Waals surface area contributed by atoms with E-state index in [0.29, 0.717) is 50.4 Å². The summed E-state index contributed by atoms with van der Waals surface area (Å²) in [5.74, 6) is 0.552. The second kappa shape index (κ2) is 13.7. The van der Waals surface area contributed by atoms with E-state index in [4.69, 9.17) is 20.9 Å². The number of fused-ring (bicyclic) bond motifs is 2. The molecule has 4 heterocycles. The van der Waals surface area contributed by atoms with E-state index in [1.165, 1.54) is 30.5 Å². The first kappa shape index (κ1) is 34.5. The molecular weight excluding hydrogens is 658 g/mol. The number of carbonyl (C=O) groups excluding carboxylic acids is 1. The van der Waals surface area contributed by atoms with Gasteiger partial charge in [0.2, 0.25) is 5.91 Å². The van der Waals surface area contributed by atoms with E-state index < -0.39 is 29.2 Å². The van der Waals surface area contributed by atoms with Crippen LogP contribution in [0.1, 0.15) is 38.2 Å². The average molecular weight is 699 g/mol. The summed E-state index contributed by atoms with van der Waals surface area (Å²) in [4.78, 5) is 30.5. The number of rotatable bonds is 9. The molecule has 2 atom stereocenters. The lowest BCUT2D eigenvalue weighted by Gasteiger charge is -2.34. The molecule has 4 aromatic rings. The summed E-state index contributed by atoms with van der Waals surface area (Å²) in [5.41, 5.74) is -1.62. The van der Waals surface area contributed by atoms with Crippen LogP contribution in [-0.4, -0.2) is 100 Å². The molecule has 1 aliphatic carbocycles. The molecule has 1 amide bonds. The summed E-state index contributed by atoms with van der Waals surface area (Å²) >= 11 is 0. The van der Waals surface area contributed by atoms with Crippen molar-refractivity contribution < 1.29 is 33.3 Å². The number of ether oxygens (including phenoxy) is 2. The monoisotopic (exact) mass is 698 g/mol. The number of nitrogens with zero attached hydrogens (tertiary/aromatic N) is 5. The number of phenols is 1. The van der Waals surface area contributed by atoms with E-state index in [0.717, 1.165) is 38.6 Å². The molecule has 266 valence electrons. The van der Waals surface area contributed by atoms with Crippen LogP contribution in [-0.2, 0) is 9.53 Å². The summed E-state index contributed by atoms with van der Waals surface area (Å²) in [6.07, 6.45) is 11.1. The van der Waals surface area contributed by atoms with Crippen molar-refractivity contribution in [2.75, 3.05) is 57.4 Å². The number of nitrogens with one attached hydrogen (secondary N) is 1. The van der Waals surface area contributed by atoms with E-state index in [2.05, 4.69) is 32.7 Å². The number of aromatic nitrogens is 3. The SMILES string of the molecule is C#Cc1c(F)ccc2cc(O)cc(-c3ncc4c(N5CCC[C@@](C)(O)[C@@H](NC(=O)C=C)C5)nc(OCC5(CN6CCOCC6)CC5)nc4c3F)c12. The van der Waals surface area contributed by atoms with Gasteiger partial charge in [0.05, 0.1) is 42.4 Å². The molecule has 2 saturated heterocycles. The van der Waals surface area contributed by atoms with E-state index in [-0.39, 0.29) is 56.8 Å². The van der Waals surface area contributed by atoms with Crippen molar-refractivity contribution in [2.24, 2.45) is 5.41 Å². The molecule has 2 aliphatic heterocycles. The van der Waals surface area contributed by atoms with E-state index in [1.54, 1.807) is 6.92 Å². The predicted molar refractivity (Wildman–Crippen MR) is 188 cm³/mol. The highest BCUT2D eigenvalue weighted by Gasteiger charge is 2.45. The van der Waals surface area contributed by atoms with E-state index in [1.807, 2.05) is 4.90 Å². The van der Waals surface area contributed by atoms with Gasteiger partial charge < -0.3 is 29.9 Å². The van der Waals surface area contributed by atoms with Gasteiger partial charge in [-0.05, 0) is 62.3 Å². The van der Waals surface area contributed by atoms with Crippen LogP contribution in [0.2, 0.25) is 0 Å². The first-order valence-electron chi connectivity index (χ1n) is 17.1. The molecule has 3 N–H and O–H groups in total. The minimum absolute atomic E-state index is 0.0411. The number of aliphatic hydroxyl groups is 1. The number of morpholine rings is 1. The minimum atomic E-state index is -1.25. The maximum absolute atomic E-state index is 17.0. The average Bonchev–Trinajstić information content (AvgIpc) is 3.90. The van der Waals surface area contributed by atoms with E-state index in [9.17, 15) is 19.4 Å². The molecule has 2 aromatic carbocycles. The van der Waals surface area contributed by atoms with Crippen LogP contribution in [0.15, 0.2) is 43.1 Å². The molecule has 2 aromatic heterocycles. The van der Waals surface area contributed by atoms with Gasteiger partial charge in [-0.25, -0.2) is 8.78 Å². The topological polar surface area (TPSA) is 133 Å². The lowest BCUT2D eigenvalue weighted by atomic mass is 9.92. The Bertz CT molecular complexity index is 2060. The van der Waals surface area contributed by atoms with Gasteiger partial charge >= 0.3 is 6.01 Å². The van der Waals surface area contributed by atoms with Crippen LogP contribution in [0.4, 0.5) is 14.6 Å². The fourth-order valence-corrected chi connectivity index (χ4v) is 7.18. The number of terminal acetylenes is 1. The van der Waals surface area contributed by atoms with Crippen molar-refractivity contribution in [1.29, 1.82) is 0 Å². The molecule has 51 heavy (non-hydrogen) atoms. The quantitative estimate of drug-likeness (QED) is 0.172. The molecule has 0 spiro atoms. The highest BCUT2D eigenvalue weighted by atomic mass is 19.1. The number of benzene rings is 2. The number of pyridine rings is 1. The Labute approximate surface area is 294 Å². The van der Waals surface area contributed by atoms with Gasteiger partial charge in [0.1, 0.15) is 28.6 Å². The van der Waals surface area contributed by atoms with Crippen LogP contribution in [0.5, 0.6) is 11.8 Å². The number of amides is 1. The minimum Gasteiger partial charge on any atom is -0.508 e. The van der Waals surface area contributed by atoms with Gasteiger partial charge in [-0.1, -0.05) is 18.6 Å². The summed E-state index contributed by atoms with van der Waals surface area (Å²) in [6, 6.07) is 4.62. The van der Waals surface area contributed by atoms with Crippen LogP contribution in [0.3, 0.4) is 0 Å². The molecule has 3 fully saturated rings. The number of aromatic hydroxyl groups is 1. The standard InChI is InChI=1S/C38H40F2N6O5/c1-4-25-28(39)8-7-23-17-24(47)18-26(31(23)25)33-32(40)34-27(19-41-33)35(46-12-6-9-37(3,49)29(20-46)42-30(48)5-2)44-36(43-34)51-22-38(10-11-38)21-45-13-15-50-16-14-45/h1,5,7-8,17-19,29,47,49H,2,6,9-16,20-22H2,3H3,(H,42,48)/t29-,37+/m0/s1. The molecule has 7 rings (SSSR count). The smallest absolute Gasteiger partial charge is 0.319 e. The van der Waals surface area contributed by atoms with Crippen LogP contribution >= 0.6 is 0 Å². The fraction of sp³-hybridized carbons (Fsp3) is 0.421. The Hall–Kier alpha value is -4.90. The number of halogens is 2. The second-order valence-electron chi connectivity index (χ2n) is 14.0. The molecule has 0 unspecified atom stereocenters. The third-order valence-electron chi connectivity index (χ3n) is 10.3. The largest absolute Gasteiger partial charge is 0.508 e. The van der Waals surface area contributed by atoms with Gasteiger partial charge in [0, 0.05) is 55.3 Å². The normalized spacial score (nSPS) is 21.9. The Balaban J connectivity index is 1.34. The third kappa shape index (κ3) is 6.91. The number of hydrogen-bond donors (Lipinski definition) is 3. The summed E-state index contributed by atoms with van der Waals surface area (Å²) in [7, 11) is 0. The zero-order valence-electron chi connectivity index (χ0n) is 28.4. The molecule has 3 aliphatic rings. The Morgan fingerprint density at radius 3 is 2.73 bits per heavy atom. The fourth-order valence-electron chi connectivity index (χ4n) is 7.18. The van der Waals surface area contributed by atoms with Crippen molar-refractivity contribution in [3.63, 3.8) is 0 Å². The Kier molecular flexibility index (Phi) is 9.26. The number of anilines is 1. The summed E-state index contributed by atoms with van der Waals surface area (Å²) in [6.45, 7) is 10.00. The number of hydrogen-bond acceptors (Lipinski definition) is 10. The van der Waals surface area contributed by atoms with Gasteiger partial charge in [0.25, 0.3) is 0 Å². The predicted octanol–water partition coefficient (Wildman–Crippen LogP) is 4.32. The second-order valence-corrected chi connectivity index (χ2v) is 14.0. The molecular formula is C38H40F2N6O5. The summed E-state index contributed by atoms with van der Waals surface area (Å²) < 4.78 is 43.7. The summed E-state index contributed by atoms with van der Waals surface area (Å²) in [5, 5.41) is 25.6. The lowest BCUT2D eigenvalue weighted by Crippen LogP contribution is -2.54. The molecule has 0 bridgehead atoms. The number of phenolic OH excluding ortho intramolecular Hbond substituents is 1. The van der Waals surface area contributed by atoms with Crippen LogP contribution in [0.25, 0.3) is 32.9 Å². The third-order valence-corrected chi connectivity index (χ3v) is 10.3. The van der Waals surface area contributed by atoms with Crippen LogP contribution in [0, 0.1) is 29.4 Å². The van der Waals surface area contributed by atoms with Crippen molar-refractivity contribution in [3.05, 3.63) is 60.3 Å². The highest BCUT2D eigenvalue weighted by Crippen LogP contribution is 2.47. The Morgan fingerprint density at radius 2 is 2.00 bits per heavy atom. The molecule has 1 saturated carbocycles. The Morgan fingerprint density at radius 1 is 1.22 bits per heavy atom. The van der Waals surface area contributed by atoms with Gasteiger partial charge in [0.15, 0.2) is 5.82 Å². The first-order valence-corrected chi connectivity index (χ1v) is 17.1. The molecule has 0 radical (unpaired) electrons. The number of carbonyl (C=O) groups is 1. The van der Waals surface area contributed by atoms with Gasteiger partial charge in [-0.15, -0.1) is 6.42 Å². The van der Waals surface area contributed by atoms with E-state index >= 15 is 4.39 Å². The van der Waals surface area contributed by atoms with Gasteiger partial charge in [-0.2, -0.15) is 9.97 Å². The molecule has 11 nitrogen and oxygen atoms in total.